The van der Waals surface area contributed by atoms with Crippen LogP contribution in [0.1, 0.15) is 27.4 Å². The van der Waals surface area contributed by atoms with Crippen LogP contribution in [0, 0.1) is 13.8 Å². The van der Waals surface area contributed by atoms with Crippen LogP contribution < -0.4 is 0 Å². The van der Waals surface area contributed by atoms with Gasteiger partial charge in [0, 0.05) is 19.3 Å². The highest BCUT2D eigenvalue weighted by Crippen LogP contribution is 2.18. The van der Waals surface area contributed by atoms with Gasteiger partial charge >= 0.3 is 5.97 Å². The van der Waals surface area contributed by atoms with Gasteiger partial charge in [-0.25, -0.2) is 14.5 Å². The van der Waals surface area contributed by atoms with Crippen molar-refractivity contribution in [2.24, 2.45) is 0 Å². The molecular weight excluding hydrogens is 400 g/mol. The molecular formula is C19H19ClN4O3S. The van der Waals surface area contributed by atoms with Crippen LogP contribution in [0.25, 0.3) is 5.82 Å². The molecule has 3 aromatic heterocycles. The van der Waals surface area contributed by atoms with Crippen LogP contribution in [0.5, 0.6) is 0 Å². The van der Waals surface area contributed by atoms with Crippen molar-refractivity contribution in [3.8, 4) is 5.82 Å². The number of thiophene rings is 1. The molecule has 3 rings (SSSR count). The number of ether oxygens (including phenoxy) is 1. The Bertz CT molecular complexity index is 1000. The van der Waals surface area contributed by atoms with Gasteiger partial charge < -0.3 is 9.64 Å². The Morgan fingerprint density at radius 2 is 2.07 bits per heavy atom. The van der Waals surface area contributed by atoms with E-state index in [1.54, 1.807) is 35.2 Å². The van der Waals surface area contributed by atoms with Gasteiger partial charge in [-0.15, -0.1) is 0 Å². The van der Waals surface area contributed by atoms with Gasteiger partial charge in [-0.3, -0.25) is 4.79 Å². The maximum absolute atomic E-state index is 12.4. The minimum atomic E-state index is -0.759. The third-order valence-corrected chi connectivity index (χ3v) is 5.04. The molecule has 0 N–H and O–H groups in total. The monoisotopic (exact) mass is 418 g/mol. The van der Waals surface area contributed by atoms with Crippen molar-refractivity contribution in [2.45, 2.75) is 20.4 Å². The van der Waals surface area contributed by atoms with Crippen molar-refractivity contribution in [3.63, 3.8) is 0 Å². The van der Waals surface area contributed by atoms with E-state index in [-0.39, 0.29) is 23.2 Å². The van der Waals surface area contributed by atoms with Crippen LogP contribution in [0.15, 0.2) is 35.0 Å². The number of rotatable bonds is 6. The Morgan fingerprint density at radius 3 is 2.71 bits per heavy atom. The first-order valence-corrected chi connectivity index (χ1v) is 9.79. The molecule has 0 radical (unpaired) electrons. The first kappa shape index (κ1) is 20.0. The first-order chi connectivity index (χ1) is 13.3. The molecule has 0 bridgehead atoms. The van der Waals surface area contributed by atoms with Crippen molar-refractivity contribution in [1.29, 1.82) is 0 Å². The van der Waals surface area contributed by atoms with E-state index in [2.05, 4.69) is 10.1 Å². The molecule has 0 aliphatic heterocycles. The number of nitrogens with zero attached hydrogens (tertiary/aromatic N) is 4. The number of esters is 1. The molecule has 3 heterocycles. The quantitative estimate of drug-likeness (QED) is 0.573. The summed E-state index contributed by atoms with van der Waals surface area (Å²) in [5.74, 6) is -0.626. The topological polar surface area (TPSA) is 77.3 Å². The van der Waals surface area contributed by atoms with Crippen LogP contribution in [-0.2, 0) is 16.1 Å². The van der Waals surface area contributed by atoms with Crippen LogP contribution in [0.3, 0.4) is 0 Å². The number of carbonyl (C=O) groups excluding carboxylic acids is 2. The highest BCUT2D eigenvalue weighted by Gasteiger charge is 2.19. The Labute approximate surface area is 171 Å². The Hall–Kier alpha value is -2.71. The van der Waals surface area contributed by atoms with Crippen molar-refractivity contribution < 1.29 is 14.3 Å². The summed E-state index contributed by atoms with van der Waals surface area (Å²) in [7, 11) is 1.66. The molecule has 9 heteroatoms. The minimum absolute atomic E-state index is 0.0555. The maximum atomic E-state index is 12.4. The molecule has 146 valence electrons. The number of hydrogen-bond acceptors (Lipinski definition) is 6. The zero-order valence-electron chi connectivity index (χ0n) is 15.7. The van der Waals surface area contributed by atoms with Gasteiger partial charge in [0.2, 0.25) is 0 Å². The highest BCUT2D eigenvalue weighted by atomic mass is 35.5. The Morgan fingerprint density at radius 1 is 1.29 bits per heavy atom. The molecule has 0 atom stereocenters. The lowest BCUT2D eigenvalue weighted by atomic mass is 10.3. The molecule has 0 aliphatic carbocycles. The molecule has 0 unspecified atom stereocenters. The van der Waals surface area contributed by atoms with Crippen LogP contribution in [0.2, 0.25) is 5.02 Å². The fraction of sp³-hybridized carbons (Fsp3) is 0.263. The fourth-order valence-corrected chi connectivity index (χ4v) is 3.45. The summed E-state index contributed by atoms with van der Waals surface area (Å²) in [5, 5.41) is 8.39. The smallest absolute Gasteiger partial charge is 0.359 e. The molecule has 0 saturated carbocycles. The van der Waals surface area contributed by atoms with E-state index in [0.717, 1.165) is 17.0 Å². The van der Waals surface area contributed by atoms with E-state index in [1.807, 2.05) is 36.7 Å². The normalized spacial score (nSPS) is 10.7. The number of carbonyl (C=O) groups is 2. The van der Waals surface area contributed by atoms with E-state index in [0.29, 0.717) is 12.4 Å². The summed E-state index contributed by atoms with van der Waals surface area (Å²) in [6.07, 6.45) is 0. The second kappa shape index (κ2) is 8.53. The van der Waals surface area contributed by atoms with Crippen molar-refractivity contribution in [1.82, 2.24) is 19.7 Å². The SMILES string of the molecule is Cc1cc(C)n(-c2ccc(Cl)c(C(=O)OCC(=O)N(C)Cc3ccsc3)n2)n1. The molecule has 28 heavy (non-hydrogen) atoms. The lowest BCUT2D eigenvalue weighted by Crippen LogP contribution is -2.30. The van der Waals surface area contributed by atoms with E-state index < -0.39 is 5.97 Å². The van der Waals surface area contributed by atoms with Gasteiger partial charge in [0.1, 0.15) is 0 Å². The average Bonchev–Trinajstić information content (AvgIpc) is 3.28. The standard InChI is InChI=1S/C19H19ClN4O3S/c1-12-8-13(2)24(22-12)16-5-4-15(20)18(21-16)19(26)27-10-17(25)23(3)9-14-6-7-28-11-14/h4-8,11H,9-10H2,1-3H3. The predicted molar refractivity (Wildman–Crippen MR) is 107 cm³/mol. The van der Waals surface area contributed by atoms with Crippen molar-refractivity contribution in [2.75, 3.05) is 13.7 Å². The Balaban J connectivity index is 1.67. The van der Waals surface area contributed by atoms with Gasteiger partial charge in [-0.2, -0.15) is 16.4 Å². The van der Waals surface area contributed by atoms with Crippen LogP contribution >= 0.6 is 22.9 Å². The van der Waals surface area contributed by atoms with E-state index in [4.69, 9.17) is 16.3 Å². The summed E-state index contributed by atoms with van der Waals surface area (Å²) in [6, 6.07) is 7.06. The number of amides is 1. The van der Waals surface area contributed by atoms with Crippen molar-refractivity contribution in [3.05, 3.63) is 62.7 Å². The average molecular weight is 419 g/mol. The van der Waals surface area contributed by atoms with Gasteiger partial charge in [-0.1, -0.05) is 11.6 Å². The summed E-state index contributed by atoms with van der Waals surface area (Å²) in [6.45, 7) is 3.82. The first-order valence-electron chi connectivity index (χ1n) is 8.47. The number of pyridine rings is 1. The lowest BCUT2D eigenvalue weighted by Gasteiger charge is -2.16. The minimum Gasteiger partial charge on any atom is -0.451 e. The number of halogens is 1. The maximum Gasteiger partial charge on any atom is 0.359 e. The number of aromatic nitrogens is 3. The van der Waals surface area contributed by atoms with E-state index >= 15 is 0 Å². The zero-order valence-corrected chi connectivity index (χ0v) is 17.3. The summed E-state index contributed by atoms with van der Waals surface area (Å²) < 4.78 is 6.75. The molecule has 7 nitrogen and oxygen atoms in total. The largest absolute Gasteiger partial charge is 0.451 e. The summed E-state index contributed by atoms with van der Waals surface area (Å²) in [5.41, 5.74) is 2.67. The molecule has 0 spiro atoms. The van der Waals surface area contributed by atoms with Crippen LogP contribution in [-0.4, -0.2) is 45.2 Å². The molecule has 3 aromatic rings. The molecule has 0 saturated heterocycles. The van der Waals surface area contributed by atoms with Crippen molar-refractivity contribution >= 4 is 34.8 Å². The third kappa shape index (κ3) is 4.58. The molecule has 0 aliphatic rings. The highest BCUT2D eigenvalue weighted by molar-refractivity contribution is 7.07. The van der Waals surface area contributed by atoms with Gasteiger partial charge in [-0.05, 0) is 54.4 Å². The Kier molecular flexibility index (Phi) is 6.11. The summed E-state index contributed by atoms with van der Waals surface area (Å²) in [4.78, 5) is 30.4. The molecule has 0 aromatic carbocycles. The number of hydrogen-bond donors (Lipinski definition) is 0. The van der Waals surface area contributed by atoms with Gasteiger partial charge in [0.15, 0.2) is 18.1 Å². The number of likely N-dealkylation sites (N-methyl/N-ethyl adjacent to an activating group) is 1. The molecule has 1 amide bonds. The lowest BCUT2D eigenvalue weighted by molar-refractivity contribution is -0.133. The number of aryl methyl sites for hydroxylation is 2. The zero-order chi connectivity index (χ0) is 20.3. The van der Waals surface area contributed by atoms with Crippen LogP contribution in [0.4, 0.5) is 0 Å². The van der Waals surface area contributed by atoms with Gasteiger partial charge in [0.25, 0.3) is 5.91 Å². The summed E-state index contributed by atoms with van der Waals surface area (Å²) >= 11 is 7.67. The second-order valence-corrected chi connectivity index (χ2v) is 7.48. The predicted octanol–water partition coefficient (Wildman–Crippen LogP) is 3.41. The second-order valence-electron chi connectivity index (χ2n) is 6.30. The van der Waals surface area contributed by atoms with E-state index in [9.17, 15) is 9.59 Å². The fourth-order valence-electron chi connectivity index (χ4n) is 2.60. The molecule has 0 fully saturated rings. The van der Waals surface area contributed by atoms with Gasteiger partial charge in [0.05, 0.1) is 10.7 Å². The van der Waals surface area contributed by atoms with E-state index in [1.165, 1.54) is 4.90 Å². The third-order valence-electron chi connectivity index (χ3n) is 4.00.